The van der Waals surface area contributed by atoms with E-state index in [1.165, 1.54) is 17.4 Å². The van der Waals surface area contributed by atoms with Crippen LogP contribution in [0.25, 0.3) is 28.5 Å². The predicted molar refractivity (Wildman–Crippen MR) is 87.2 cm³/mol. The molecule has 0 atom stereocenters. The monoisotopic (exact) mass is 323 g/mol. The second kappa shape index (κ2) is 5.69. The largest absolute Gasteiger partial charge is 0.265 e. The molecule has 4 rings (SSSR count). The zero-order valence-corrected chi connectivity index (χ0v) is 12.6. The molecule has 0 saturated heterocycles. The van der Waals surface area contributed by atoms with Crippen LogP contribution in [0.4, 0.5) is 4.39 Å². The number of nitrogens with zero attached hydrogens (tertiary/aromatic N) is 5. The lowest BCUT2D eigenvalue weighted by atomic mass is 10.2. The van der Waals surface area contributed by atoms with Crippen LogP contribution in [0.15, 0.2) is 48.8 Å². The van der Waals surface area contributed by atoms with Gasteiger partial charge in [-0.3, -0.25) is 4.98 Å². The molecule has 112 valence electrons. The summed E-state index contributed by atoms with van der Waals surface area (Å²) in [7, 11) is 0. The molecule has 0 aliphatic carbocycles. The summed E-state index contributed by atoms with van der Waals surface area (Å²) >= 11 is 1.39. The van der Waals surface area contributed by atoms with Gasteiger partial charge in [-0.15, -0.1) is 10.2 Å². The van der Waals surface area contributed by atoms with Crippen molar-refractivity contribution >= 4 is 28.4 Å². The molecule has 0 saturated carbocycles. The van der Waals surface area contributed by atoms with Gasteiger partial charge < -0.3 is 0 Å². The van der Waals surface area contributed by atoms with Gasteiger partial charge in [0.1, 0.15) is 10.8 Å². The van der Waals surface area contributed by atoms with Crippen LogP contribution in [0, 0.1) is 5.82 Å². The minimum atomic E-state index is -0.260. The van der Waals surface area contributed by atoms with Crippen LogP contribution in [0.3, 0.4) is 0 Å². The Kier molecular flexibility index (Phi) is 3.39. The summed E-state index contributed by atoms with van der Waals surface area (Å²) < 4.78 is 15.3. The van der Waals surface area contributed by atoms with E-state index in [-0.39, 0.29) is 5.82 Å². The number of rotatable bonds is 3. The van der Waals surface area contributed by atoms with Crippen molar-refractivity contribution in [2.45, 2.75) is 0 Å². The first kappa shape index (κ1) is 13.7. The van der Waals surface area contributed by atoms with Crippen LogP contribution in [-0.2, 0) is 0 Å². The molecule has 0 radical (unpaired) electrons. The summed E-state index contributed by atoms with van der Waals surface area (Å²) in [6.45, 7) is 0. The fraction of sp³-hybridized carbons (Fsp3) is 0. The first-order valence-corrected chi connectivity index (χ1v) is 7.68. The average Bonchev–Trinajstić information content (AvgIpc) is 3.15. The molecule has 23 heavy (non-hydrogen) atoms. The molecule has 4 aromatic rings. The Labute approximate surface area is 134 Å². The summed E-state index contributed by atoms with van der Waals surface area (Å²) in [6.07, 6.45) is 6.87. The predicted octanol–water partition coefficient (Wildman–Crippen LogP) is 3.56. The van der Waals surface area contributed by atoms with Crippen molar-refractivity contribution in [3.63, 3.8) is 0 Å². The van der Waals surface area contributed by atoms with Crippen LogP contribution < -0.4 is 0 Å². The highest BCUT2D eigenvalue weighted by atomic mass is 32.1. The zero-order valence-electron chi connectivity index (χ0n) is 11.8. The molecule has 0 aliphatic rings. The van der Waals surface area contributed by atoms with E-state index < -0.39 is 0 Å². The molecule has 0 fully saturated rings. The van der Waals surface area contributed by atoms with Crippen molar-refractivity contribution in [1.29, 1.82) is 0 Å². The van der Waals surface area contributed by atoms with Gasteiger partial charge in [0.25, 0.3) is 0 Å². The van der Waals surface area contributed by atoms with Gasteiger partial charge in [0.2, 0.25) is 4.96 Å². The number of fused-ring (bicyclic) bond motifs is 1. The maximum absolute atomic E-state index is 13.6. The van der Waals surface area contributed by atoms with E-state index in [9.17, 15) is 4.39 Å². The first-order valence-electron chi connectivity index (χ1n) is 6.86. The Hall–Kier alpha value is -2.93. The summed E-state index contributed by atoms with van der Waals surface area (Å²) in [6, 6.07) is 10.3. The molecule has 0 unspecified atom stereocenters. The molecule has 0 amide bonds. The number of pyridine rings is 1. The van der Waals surface area contributed by atoms with Gasteiger partial charge in [-0.2, -0.15) is 9.61 Å². The number of halogens is 1. The van der Waals surface area contributed by atoms with E-state index in [2.05, 4.69) is 20.3 Å². The Morgan fingerprint density at radius 3 is 2.65 bits per heavy atom. The van der Waals surface area contributed by atoms with E-state index >= 15 is 0 Å². The first-order chi connectivity index (χ1) is 11.3. The Morgan fingerprint density at radius 2 is 1.83 bits per heavy atom. The van der Waals surface area contributed by atoms with E-state index in [0.717, 1.165) is 10.6 Å². The second-order valence-electron chi connectivity index (χ2n) is 4.75. The van der Waals surface area contributed by atoms with E-state index in [1.54, 1.807) is 47.3 Å². The van der Waals surface area contributed by atoms with Gasteiger partial charge in [-0.25, -0.2) is 4.39 Å². The van der Waals surface area contributed by atoms with Crippen molar-refractivity contribution in [3.8, 4) is 11.4 Å². The van der Waals surface area contributed by atoms with Gasteiger partial charge in [-0.05, 0) is 30.4 Å². The van der Waals surface area contributed by atoms with Gasteiger partial charge in [0.05, 0.1) is 0 Å². The zero-order chi connectivity index (χ0) is 15.6. The molecule has 0 bridgehead atoms. The molecule has 7 heteroatoms. The van der Waals surface area contributed by atoms with Crippen LogP contribution >= 0.6 is 11.3 Å². The normalized spacial score (nSPS) is 11.5. The second-order valence-corrected chi connectivity index (χ2v) is 5.74. The van der Waals surface area contributed by atoms with Gasteiger partial charge >= 0.3 is 0 Å². The standard InChI is InChI=1S/C16H10FN5S/c17-13-4-2-1-3-11(13)5-6-14-21-22-15(19-20-16(22)23-14)12-7-9-18-10-8-12/h1-10H/b6-5+. The van der Waals surface area contributed by atoms with E-state index in [4.69, 9.17) is 0 Å². The number of benzene rings is 1. The molecule has 0 N–H and O–H groups in total. The summed E-state index contributed by atoms with van der Waals surface area (Å²) in [5.41, 5.74) is 1.41. The molecule has 0 spiro atoms. The van der Waals surface area contributed by atoms with Crippen LogP contribution in [0.2, 0.25) is 0 Å². The fourth-order valence-corrected chi connectivity index (χ4v) is 2.89. The lowest BCUT2D eigenvalue weighted by Gasteiger charge is -1.95. The van der Waals surface area contributed by atoms with Crippen LogP contribution in [0.5, 0.6) is 0 Å². The summed E-state index contributed by atoms with van der Waals surface area (Å²) in [4.78, 5) is 4.68. The topological polar surface area (TPSA) is 56.0 Å². The number of hydrogen-bond donors (Lipinski definition) is 0. The summed E-state index contributed by atoms with van der Waals surface area (Å²) in [5, 5.41) is 13.5. The van der Waals surface area contributed by atoms with E-state index in [0.29, 0.717) is 16.3 Å². The van der Waals surface area contributed by atoms with E-state index in [1.807, 2.05) is 12.1 Å². The highest BCUT2D eigenvalue weighted by Gasteiger charge is 2.12. The maximum atomic E-state index is 13.6. The molecule has 0 aliphatic heterocycles. The highest BCUT2D eigenvalue weighted by molar-refractivity contribution is 7.17. The summed E-state index contributed by atoms with van der Waals surface area (Å²) in [5.74, 6) is 0.397. The van der Waals surface area contributed by atoms with Gasteiger partial charge in [0.15, 0.2) is 5.82 Å². The van der Waals surface area contributed by atoms with Crippen LogP contribution in [0.1, 0.15) is 10.6 Å². The minimum absolute atomic E-state index is 0.260. The maximum Gasteiger partial charge on any atom is 0.235 e. The van der Waals surface area contributed by atoms with Crippen molar-refractivity contribution < 1.29 is 4.39 Å². The molecule has 3 aromatic heterocycles. The van der Waals surface area contributed by atoms with Gasteiger partial charge in [-0.1, -0.05) is 29.5 Å². The highest BCUT2D eigenvalue weighted by Crippen LogP contribution is 2.22. The molecular formula is C16H10FN5S. The molecular weight excluding hydrogens is 313 g/mol. The van der Waals surface area contributed by atoms with Crippen LogP contribution in [-0.4, -0.2) is 24.8 Å². The third kappa shape index (κ3) is 2.62. The SMILES string of the molecule is Fc1ccccc1/C=C/c1nn2c(-c3ccncc3)nnc2s1. The fourth-order valence-electron chi connectivity index (χ4n) is 2.15. The Balaban J connectivity index is 1.71. The minimum Gasteiger partial charge on any atom is -0.265 e. The molecule has 3 heterocycles. The van der Waals surface area contributed by atoms with Crippen molar-refractivity contribution in [3.05, 3.63) is 65.2 Å². The third-order valence-electron chi connectivity index (χ3n) is 3.26. The quantitative estimate of drug-likeness (QED) is 0.578. The van der Waals surface area contributed by atoms with Crippen molar-refractivity contribution in [2.24, 2.45) is 0 Å². The smallest absolute Gasteiger partial charge is 0.235 e. The van der Waals surface area contributed by atoms with Crippen molar-refractivity contribution in [2.75, 3.05) is 0 Å². The lowest BCUT2D eigenvalue weighted by molar-refractivity contribution is 0.625. The Bertz CT molecular complexity index is 990. The molecule has 5 nitrogen and oxygen atoms in total. The molecule has 1 aromatic carbocycles. The van der Waals surface area contributed by atoms with Gasteiger partial charge in [0, 0.05) is 23.5 Å². The number of aromatic nitrogens is 5. The van der Waals surface area contributed by atoms with Crippen molar-refractivity contribution in [1.82, 2.24) is 24.8 Å². The Morgan fingerprint density at radius 1 is 1.00 bits per heavy atom. The third-order valence-corrected chi connectivity index (χ3v) is 4.12. The average molecular weight is 323 g/mol. The number of hydrogen-bond acceptors (Lipinski definition) is 5. The lowest BCUT2D eigenvalue weighted by Crippen LogP contribution is -1.90.